The maximum atomic E-state index is 6.20. The summed E-state index contributed by atoms with van der Waals surface area (Å²) in [6.07, 6.45) is 4.44. The molecule has 1 unspecified atom stereocenters. The first kappa shape index (κ1) is 12.5. The molecule has 2 aromatic heterocycles. The molecule has 5 nitrogen and oxygen atoms in total. The van der Waals surface area contributed by atoms with E-state index < -0.39 is 0 Å². The molecule has 2 rings (SSSR count). The Kier molecular flexibility index (Phi) is 4.09. The maximum Gasteiger partial charge on any atom is 0.0974 e. The Bertz CT molecular complexity index is 467. The number of rotatable bonds is 5. The second-order valence-electron chi connectivity index (χ2n) is 3.65. The minimum absolute atomic E-state index is 0.0599. The quantitative estimate of drug-likeness (QED) is 0.905. The van der Waals surface area contributed by atoms with Gasteiger partial charge in [0.25, 0.3) is 0 Å². The van der Waals surface area contributed by atoms with Crippen LogP contribution in [-0.4, -0.2) is 25.6 Å². The van der Waals surface area contributed by atoms with Crippen molar-refractivity contribution in [3.8, 4) is 0 Å². The molecular formula is C10H14ClN5S. The van der Waals surface area contributed by atoms with Gasteiger partial charge in [0, 0.05) is 6.54 Å². The Morgan fingerprint density at radius 3 is 2.94 bits per heavy atom. The lowest BCUT2D eigenvalue weighted by atomic mass is 10.1. The summed E-state index contributed by atoms with van der Waals surface area (Å²) in [5, 5.41) is 8.15. The summed E-state index contributed by atoms with van der Waals surface area (Å²) in [7, 11) is 1.88. The summed E-state index contributed by atoms with van der Waals surface area (Å²) >= 11 is 7.40. The van der Waals surface area contributed by atoms with Crippen LogP contribution >= 0.6 is 23.3 Å². The molecule has 0 saturated heterocycles. The molecule has 0 aliphatic heterocycles. The van der Waals surface area contributed by atoms with Crippen molar-refractivity contribution < 1.29 is 0 Å². The fraction of sp³-hybridized carbons (Fsp3) is 0.500. The second-order valence-corrected chi connectivity index (χ2v) is 4.62. The SMILES string of the molecule is CCCn1ncc(Cl)c1C(NC)c1cnsn1. The Morgan fingerprint density at radius 2 is 2.35 bits per heavy atom. The minimum atomic E-state index is -0.0599. The predicted octanol–water partition coefficient (Wildman–Crippen LogP) is 2.11. The van der Waals surface area contributed by atoms with Gasteiger partial charge < -0.3 is 5.32 Å². The average Bonchev–Trinajstić information content (AvgIpc) is 2.94. The highest BCUT2D eigenvalue weighted by atomic mass is 35.5. The van der Waals surface area contributed by atoms with Gasteiger partial charge in [0.2, 0.25) is 0 Å². The van der Waals surface area contributed by atoms with Crippen molar-refractivity contribution in [1.29, 1.82) is 0 Å². The topological polar surface area (TPSA) is 55.6 Å². The van der Waals surface area contributed by atoms with Crippen LogP contribution in [-0.2, 0) is 6.54 Å². The molecular weight excluding hydrogens is 258 g/mol. The summed E-state index contributed by atoms with van der Waals surface area (Å²) in [5.74, 6) is 0. The van der Waals surface area contributed by atoms with Gasteiger partial charge in [-0.25, -0.2) is 0 Å². The third-order valence-electron chi connectivity index (χ3n) is 2.50. The molecule has 92 valence electrons. The highest BCUT2D eigenvalue weighted by Gasteiger charge is 2.22. The molecule has 1 atom stereocenters. The van der Waals surface area contributed by atoms with E-state index in [-0.39, 0.29) is 6.04 Å². The zero-order valence-electron chi connectivity index (χ0n) is 9.72. The fourth-order valence-corrected chi connectivity index (χ4v) is 2.47. The number of aromatic nitrogens is 4. The van der Waals surface area contributed by atoms with Crippen LogP contribution in [0.15, 0.2) is 12.4 Å². The van der Waals surface area contributed by atoms with Gasteiger partial charge in [0.15, 0.2) is 0 Å². The Hall–Kier alpha value is -0.980. The van der Waals surface area contributed by atoms with Crippen LogP contribution in [0.1, 0.15) is 30.8 Å². The first-order valence-corrected chi connectivity index (χ1v) is 6.54. The fourth-order valence-electron chi connectivity index (χ4n) is 1.77. The highest BCUT2D eigenvalue weighted by Crippen LogP contribution is 2.27. The van der Waals surface area contributed by atoms with Crippen LogP contribution in [0.3, 0.4) is 0 Å². The Labute approximate surface area is 109 Å². The van der Waals surface area contributed by atoms with Crippen molar-refractivity contribution >= 4 is 23.3 Å². The van der Waals surface area contributed by atoms with E-state index >= 15 is 0 Å². The van der Waals surface area contributed by atoms with E-state index in [4.69, 9.17) is 11.6 Å². The number of hydrogen-bond donors (Lipinski definition) is 1. The lowest BCUT2D eigenvalue weighted by molar-refractivity contribution is 0.531. The first-order chi connectivity index (χ1) is 8.27. The molecule has 0 spiro atoms. The Balaban J connectivity index is 2.39. The second kappa shape index (κ2) is 5.57. The zero-order valence-corrected chi connectivity index (χ0v) is 11.3. The van der Waals surface area contributed by atoms with Gasteiger partial charge in [-0.1, -0.05) is 18.5 Å². The van der Waals surface area contributed by atoms with E-state index in [1.54, 1.807) is 12.4 Å². The van der Waals surface area contributed by atoms with Crippen LogP contribution in [0.4, 0.5) is 0 Å². The molecule has 0 bridgehead atoms. The van der Waals surface area contributed by atoms with Crippen LogP contribution in [0, 0.1) is 0 Å². The molecule has 2 aromatic rings. The van der Waals surface area contributed by atoms with Gasteiger partial charge in [-0.2, -0.15) is 13.8 Å². The van der Waals surface area contributed by atoms with Crippen molar-refractivity contribution in [2.24, 2.45) is 0 Å². The molecule has 7 heteroatoms. The molecule has 0 radical (unpaired) electrons. The van der Waals surface area contributed by atoms with Gasteiger partial charge in [-0.3, -0.25) is 4.68 Å². The van der Waals surface area contributed by atoms with Crippen LogP contribution in [0.2, 0.25) is 5.02 Å². The summed E-state index contributed by atoms with van der Waals surface area (Å²) in [5.41, 5.74) is 1.82. The summed E-state index contributed by atoms with van der Waals surface area (Å²) in [4.78, 5) is 0. The summed E-state index contributed by atoms with van der Waals surface area (Å²) in [6.45, 7) is 2.95. The van der Waals surface area contributed by atoms with Crippen molar-refractivity contribution in [2.45, 2.75) is 25.9 Å². The highest BCUT2D eigenvalue weighted by molar-refractivity contribution is 6.99. The number of nitrogens with one attached hydrogen (secondary N) is 1. The number of nitrogens with zero attached hydrogens (tertiary/aromatic N) is 4. The van der Waals surface area contributed by atoms with Crippen molar-refractivity contribution in [1.82, 2.24) is 23.8 Å². The predicted molar refractivity (Wildman–Crippen MR) is 68.3 cm³/mol. The largest absolute Gasteiger partial charge is 0.307 e. The Morgan fingerprint density at radius 1 is 1.53 bits per heavy atom. The molecule has 0 aliphatic carbocycles. The number of hydrogen-bond acceptors (Lipinski definition) is 5. The lowest BCUT2D eigenvalue weighted by Crippen LogP contribution is -2.22. The van der Waals surface area contributed by atoms with Crippen LogP contribution < -0.4 is 5.32 Å². The molecule has 0 aromatic carbocycles. The van der Waals surface area contributed by atoms with E-state index in [1.807, 2.05) is 11.7 Å². The van der Waals surface area contributed by atoms with E-state index in [2.05, 4.69) is 26.1 Å². The molecule has 1 N–H and O–H groups in total. The van der Waals surface area contributed by atoms with Crippen molar-refractivity contribution in [2.75, 3.05) is 7.05 Å². The number of halogens is 1. The number of aryl methyl sites for hydroxylation is 1. The lowest BCUT2D eigenvalue weighted by Gasteiger charge is -2.16. The normalized spacial score (nSPS) is 12.9. The third-order valence-corrected chi connectivity index (χ3v) is 3.29. The van der Waals surface area contributed by atoms with E-state index in [0.717, 1.165) is 24.4 Å². The van der Waals surface area contributed by atoms with Crippen LogP contribution in [0.25, 0.3) is 0 Å². The monoisotopic (exact) mass is 271 g/mol. The minimum Gasteiger partial charge on any atom is -0.307 e. The maximum absolute atomic E-state index is 6.20. The van der Waals surface area contributed by atoms with Gasteiger partial charge in [0.05, 0.1) is 46.6 Å². The summed E-state index contributed by atoms with van der Waals surface area (Å²) < 4.78 is 10.2. The molecule has 0 fully saturated rings. The first-order valence-electron chi connectivity index (χ1n) is 5.43. The molecule has 0 amide bonds. The molecule has 0 aliphatic rings. The average molecular weight is 272 g/mol. The molecule has 2 heterocycles. The van der Waals surface area contributed by atoms with Crippen LogP contribution in [0.5, 0.6) is 0 Å². The van der Waals surface area contributed by atoms with Gasteiger partial charge in [0.1, 0.15) is 0 Å². The van der Waals surface area contributed by atoms with E-state index in [9.17, 15) is 0 Å². The smallest absolute Gasteiger partial charge is 0.0974 e. The standard InChI is InChI=1S/C10H14ClN5S/c1-3-4-16-10(7(11)5-13-16)9(12-2)8-6-14-17-15-8/h5-6,9,12H,3-4H2,1-2H3. The third kappa shape index (κ3) is 2.48. The van der Waals surface area contributed by atoms with Gasteiger partial charge >= 0.3 is 0 Å². The van der Waals surface area contributed by atoms with E-state index in [0.29, 0.717) is 5.02 Å². The van der Waals surface area contributed by atoms with Gasteiger partial charge in [-0.05, 0) is 13.5 Å². The van der Waals surface area contributed by atoms with Gasteiger partial charge in [-0.15, -0.1) is 0 Å². The molecule has 0 saturated carbocycles. The summed E-state index contributed by atoms with van der Waals surface area (Å²) in [6, 6.07) is -0.0599. The zero-order chi connectivity index (χ0) is 12.3. The van der Waals surface area contributed by atoms with E-state index in [1.165, 1.54) is 11.7 Å². The van der Waals surface area contributed by atoms with Crippen molar-refractivity contribution in [3.05, 3.63) is 28.8 Å². The van der Waals surface area contributed by atoms with Crippen molar-refractivity contribution in [3.63, 3.8) is 0 Å². The molecule has 17 heavy (non-hydrogen) atoms.